The lowest BCUT2D eigenvalue weighted by Gasteiger charge is -2.16. The van der Waals surface area contributed by atoms with Crippen LogP contribution in [-0.2, 0) is 13.2 Å². The van der Waals surface area contributed by atoms with Gasteiger partial charge in [-0.3, -0.25) is 0 Å². The number of nitrogens with one attached hydrogen (secondary N) is 1. The number of methoxy groups -OCH3 is 1. The Hall–Kier alpha value is -1.42. The van der Waals surface area contributed by atoms with Crippen molar-refractivity contribution < 1.29 is 9.47 Å². The first-order chi connectivity index (χ1) is 10.1. The molecule has 3 nitrogen and oxygen atoms in total. The lowest BCUT2D eigenvalue weighted by atomic mass is 10.1. The van der Waals surface area contributed by atoms with Gasteiger partial charge in [-0.1, -0.05) is 35.3 Å². The molecule has 2 aromatic carbocycles. The van der Waals surface area contributed by atoms with Gasteiger partial charge in [-0.25, -0.2) is 0 Å². The Morgan fingerprint density at radius 3 is 2.38 bits per heavy atom. The van der Waals surface area contributed by atoms with E-state index in [0.29, 0.717) is 34.7 Å². The molecule has 0 unspecified atom stereocenters. The Morgan fingerprint density at radius 2 is 1.76 bits per heavy atom. The van der Waals surface area contributed by atoms with Crippen molar-refractivity contribution in [2.24, 2.45) is 0 Å². The summed E-state index contributed by atoms with van der Waals surface area (Å²) in [6, 6.07) is 11.2. The second-order valence-corrected chi connectivity index (χ2v) is 5.41. The van der Waals surface area contributed by atoms with Crippen molar-refractivity contribution >= 4 is 23.2 Å². The van der Waals surface area contributed by atoms with E-state index in [4.69, 9.17) is 32.7 Å². The Bertz CT molecular complexity index is 600. The van der Waals surface area contributed by atoms with Crippen LogP contribution < -0.4 is 14.8 Å². The van der Waals surface area contributed by atoms with E-state index in [0.717, 1.165) is 11.1 Å². The van der Waals surface area contributed by atoms with Gasteiger partial charge in [0.2, 0.25) is 0 Å². The fourth-order valence-corrected chi connectivity index (χ4v) is 2.35. The number of hydrogen-bond acceptors (Lipinski definition) is 3. The summed E-state index contributed by atoms with van der Waals surface area (Å²) < 4.78 is 11.3. The average Bonchev–Trinajstić information content (AvgIpc) is 2.47. The van der Waals surface area contributed by atoms with Crippen LogP contribution in [0.5, 0.6) is 11.5 Å². The fourth-order valence-electron chi connectivity index (χ4n) is 2.00. The molecular formula is C16H17Cl2NO2. The summed E-state index contributed by atoms with van der Waals surface area (Å²) in [5, 5.41) is 4.43. The SMILES string of the molecule is CNCc1cc(Cl)cc(OC)c1OCc1ccc(Cl)cc1. The van der Waals surface area contributed by atoms with Crippen LogP contribution in [0.2, 0.25) is 10.0 Å². The van der Waals surface area contributed by atoms with Gasteiger partial charge in [-0.15, -0.1) is 0 Å². The first-order valence-corrected chi connectivity index (χ1v) is 7.28. The van der Waals surface area contributed by atoms with Gasteiger partial charge in [-0.05, 0) is 30.8 Å². The van der Waals surface area contributed by atoms with Crippen LogP contribution in [0.4, 0.5) is 0 Å². The summed E-state index contributed by atoms with van der Waals surface area (Å²) in [6.45, 7) is 1.08. The molecule has 0 bridgehead atoms. The number of benzene rings is 2. The van der Waals surface area contributed by atoms with E-state index < -0.39 is 0 Å². The molecule has 0 heterocycles. The molecule has 0 aliphatic carbocycles. The third-order valence-corrected chi connectivity index (χ3v) is 3.45. The summed E-state index contributed by atoms with van der Waals surface area (Å²) in [7, 11) is 3.47. The Morgan fingerprint density at radius 1 is 1.05 bits per heavy atom. The number of ether oxygens (including phenoxy) is 2. The van der Waals surface area contributed by atoms with E-state index in [-0.39, 0.29) is 0 Å². The molecule has 0 aromatic heterocycles. The quantitative estimate of drug-likeness (QED) is 0.858. The molecule has 2 rings (SSSR count). The second-order valence-electron chi connectivity index (χ2n) is 4.54. The third kappa shape index (κ3) is 4.27. The standard InChI is InChI=1S/C16H17Cl2NO2/c1-19-9-12-7-14(18)8-15(20-2)16(12)21-10-11-3-5-13(17)6-4-11/h3-8,19H,9-10H2,1-2H3. The van der Waals surface area contributed by atoms with Gasteiger partial charge in [0.15, 0.2) is 11.5 Å². The van der Waals surface area contributed by atoms with Crippen molar-refractivity contribution in [1.29, 1.82) is 0 Å². The summed E-state index contributed by atoms with van der Waals surface area (Å²) in [4.78, 5) is 0. The van der Waals surface area contributed by atoms with Gasteiger partial charge in [0.25, 0.3) is 0 Å². The normalized spacial score (nSPS) is 10.5. The summed E-state index contributed by atoms with van der Waals surface area (Å²) in [5.74, 6) is 1.33. The molecule has 0 atom stereocenters. The van der Waals surface area contributed by atoms with E-state index in [1.807, 2.05) is 37.4 Å². The lowest BCUT2D eigenvalue weighted by Crippen LogP contribution is -2.08. The van der Waals surface area contributed by atoms with E-state index in [9.17, 15) is 0 Å². The number of hydrogen-bond donors (Lipinski definition) is 1. The monoisotopic (exact) mass is 325 g/mol. The summed E-state index contributed by atoms with van der Waals surface area (Å²) >= 11 is 12.0. The Balaban J connectivity index is 2.22. The highest BCUT2D eigenvalue weighted by Gasteiger charge is 2.12. The van der Waals surface area contributed by atoms with Gasteiger partial charge in [0.05, 0.1) is 7.11 Å². The van der Waals surface area contributed by atoms with Gasteiger partial charge >= 0.3 is 0 Å². The predicted octanol–water partition coefficient (Wildman–Crippen LogP) is 4.30. The molecule has 1 N–H and O–H groups in total. The maximum Gasteiger partial charge on any atom is 0.166 e. The van der Waals surface area contributed by atoms with Crippen LogP contribution in [0.1, 0.15) is 11.1 Å². The van der Waals surface area contributed by atoms with Crippen LogP contribution in [0.15, 0.2) is 36.4 Å². The molecule has 21 heavy (non-hydrogen) atoms. The highest BCUT2D eigenvalue weighted by Crippen LogP contribution is 2.35. The van der Waals surface area contributed by atoms with Gasteiger partial charge < -0.3 is 14.8 Å². The van der Waals surface area contributed by atoms with E-state index in [1.165, 1.54) is 0 Å². The topological polar surface area (TPSA) is 30.5 Å². The highest BCUT2D eigenvalue weighted by atomic mass is 35.5. The second kappa shape index (κ2) is 7.55. The molecule has 0 aliphatic rings. The van der Waals surface area contributed by atoms with E-state index in [2.05, 4.69) is 5.32 Å². The first kappa shape index (κ1) is 16.0. The van der Waals surface area contributed by atoms with Gasteiger partial charge in [0, 0.05) is 28.2 Å². The molecular weight excluding hydrogens is 309 g/mol. The zero-order valence-corrected chi connectivity index (χ0v) is 13.5. The van der Waals surface area contributed by atoms with Crippen molar-refractivity contribution in [3.05, 3.63) is 57.6 Å². The van der Waals surface area contributed by atoms with Crippen LogP contribution >= 0.6 is 23.2 Å². The maximum absolute atomic E-state index is 6.09. The molecule has 2 aromatic rings. The van der Waals surface area contributed by atoms with Crippen molar-refractivity contribution in [2.45, 2.75) is 13.2 Å². The Kier molecular flexibility index (Phi) is 5.74. The average molecular weight is 326 g/mol. The largest absolute Gasteiger partial charge is 0.493 e. The summed E-state index contributed by atoms with van der Waals surface area (Å²) in [6.07, 6.45) is 0. The first-order valence-electron chi connectivity index (χ1n) is 6.52. The number of rotatable bonds is 6. The third-order valence-electron chi connectivity index (χ3n) is 2.98. The Labute approximate surface area is 134 Å². The molecule has 0 spiro atoms. The highest BCUT2D eigenvalue weighted by molar-refractivity contribution is 6.31. The minimum absolute atomic E-state index is 0.436. The molecule has 0 aliphatic heterocycles. The zero-order chi connectivity index (χ0) is 15.2. The fraction of sp³-hybridized carbons (Fsp3) is 0.250. The van der Waals surface area contributed by atoms with Gasteiger partial charge in [0.1, 0.15) is 6.61 Å². The van der Waals surface area contributed by atoms with Crippen molar-refractivity contribution in [3.8, 4) is 11.5 Å². The lowest BCUT2D eigenvalue weighted by molar-refractivity contribution is 0.281. The molecule has 112 valence electrons. The van der Waals surface area contributed by atoms with Crippen molar-refractivity contribution in [2.75, 3.05) is 14.2 Å². The molecule has 0 amide bonds. The van der Waals surface area contributed by atoms with Crippen molar-refractivity contribution in [1.82, 2.24) is 5.32 Å². The smallest absolute Gasteiger partial charge is 0.166 e. The summed E-state index contributed by atoms with van der Waals surface area (Å²) in [5.41, 5.74) is 1.99. The van der Waals surface area contributed by atoms with E-state index >= 15 is 0 Å². The molecule has 0 saturated heterocycles. The molecule has 0 saturated carbocycles. The maximum atomic E-state index is 6.09. The number of halogens is 2. The van der Waals surface area contributed by atoms with E-state index in [1.54, 1.807) is 13.2 Å². The zero-order valence-electron chi connectivity index (χ0n) is 12.0. The van der Waals surface area contributed by atoms with Crippen LogP contribution in [0, 0.1) is 0 Å². The molecule has 5 heteroatoms. The minimum Gasteiger partial charge on any atom is -0.493 e. The van der Waals surface area contributed by atoms with Crippen LogP contribution in [0.3, 0.4) is 0 Å². The predicted molar refractivity (Wildman–Crippen MR) is 86.6 cm³/mol. The van der Waals surface area contributed by atoms with Crippen molar-refractivity contribution in [3.63, 3.8) is 0 Å². The minimum atomic E-state index is 0.436. The van der Waals surface area contributed by atoms with Crippen LogP contribution in [-0.4, -0.2) is 14.2 Å². The van der Waals surface area contributed by atoms with Gasteiger partial charge in [-0.2, -0.15) is 0 Å². The molecule has 0 radical (unpaired) electrons. The molecule has 0 fully saturated rings. The van der Waals surface area contributed by atoms with Crippen LogP contribution in [0.25, 0.3) is 0 Å².